The van der Waals surface area contributed by atoms with Crippen LogP contribution in [0.15, 0.2) is 48.5 Å². The molecule has 0 amide bonds. The van der Waals surface area contributed by atoms with Gasteiger partial charge in [-0.1, -0.05) is 173 Å². The molecule has 0 spiro atoms. The van der Waals surface area contributed by atoms with Crippen LogP contribution < -0.4 is 4.74 Å². The predicted octanol–water partition coefficient (Wildman–Crippen LogP) is 15.3. The van der Waals surface area contributed by atoms with Gasteiger partial charge in [0.05, 0.1) is 39.1 Å². The number of hydrogen-bond acceptors (Lipinski definition) is 8. The minimum Gasteiger partial charge on any atom is -0.497 e. The van der Waals surface area contributed by atoms with E-state index >= 15 is 0 Å². The standard InChI is InChI=1S/C55H96O8Si3/c1-39(2)64(40(3)4,41(5)6)61-52(51-26-21-20-25-49(51)38-59-37-48-29-31-50(58-19)32-30-48)33-34-55(57)60-36-23-22-27-53(62-65(42(7)8,43(9)10)44(11)12)54(28-24-35-56)63-66(45(13)14,46(15)16)47(17)18/h20-21,25-26,29-32,39-47,52-54,56H,22-23,27,33-38H2,1-19H3/t52?,53-,54+/m1/s1. The van der Waals surface area contributed by atoms with Crippen molar-refractivity contribution in [3.05, 3.63) is 65.2 Å². The number of carbonyl (C=O) groups is 1. The highest BCUT2D eigenvalue weighted by Crippen LogP contribution is 2.48. The summed E-state index contributed by atoms with van der Waals surface area (Å²) >= 11 is 0. The van der Waals surface area contributed by atoms with E-state index in [9.17, 15) is 9.90 Å². The number of carbonyl (C=O) groups excluding carboxylic acids is 1. The second-order valence-corrected chi connectivity index (χ2v) is 37.7. The minimum atomic E-state index is -2.37. The van der Waals surface area contributed by atoms with Crippen LogP contribution in [0.1, 0.15) is 180 Å². The molecule has 0 radical (unpaired) electrons. The maximum atomic E-state index is 13.7. The molecule has 0 aliphatic heterocycles. The third-order valence-corrected chi connectivity index (χ3v) is 33.0. The molecule has 8 nitrogen and oxygen atoms in total. The largest absolute Gasteiger partial charge is 0.497 e. The van der Waals surface area contributed by atoms with Crippen molar-refractivity contribution in [1.82, 2.24) is 0 Å². The van der Waals surface area contributed by atoms with Gasteiger partial charge in [-0.3, -0.25) is 4.79 Å². The molecule has 2 aromatic rings. The average molecular weight is 970 g/mol. The van der Waals surface area contributed by atoms with Crippen LogP contribution in [0.4, 0.5) is 0 Å². The van der Waals surface area contributed by atoms with E-state index in [2.05, 4.69) is 161 Å². The van der Waals surface area contributed by atoms with E-state index in [4.69, 9.17) is 27.5 Å². The summed E-state index contributed by atoms with van der Waals surface area (Å²) < 4.78 is 40.2. The monoisotopic (exact) mass is 969 g/mol. The molecule has 2 aromatic carbocycles. The maximum Gasteiger partial charge on any atom is 0.305 e. The SMILES string of the molecule is COc1ccc(COCc2ccccc2C(CCC(=O)OCCCC[C@@H](O[Si](C(C)C)(C(C)C)C(C)C)[C@H](C#CCO)O[Si](C(C)C)(C(C)C)C(C)C)O[Si](C(C)C)(C(C)C)C(C)C)cc1. The van der Waals surface area contributed by atoms with Gasteiger partial charge in [0.2, 0.25) is 25.0 Å². The second kappa shape index (κ2) is 28.4. The van der Waals surface area contributed by atoms with Crippen LogP contribution in [0.2, 0.25) is 49.9 Å². The van der Waals surface area contributed by atoms with Crippen molar-refractivity contribution >= 4 is 30.9 Å². The molecule has 11 heteroatoms. The number of unbranched alkanes of at least 4 members (excludes halogenated alkanes) is 1. The summed E-state index contributed by atoms with van der Waals surface area (Å²) in [5, 5.41) is 9.98. The number of methoxy groups -OCH3 is 1. The van der Waals surface area contributed by atoms with E-state index in [1.807, 2.05) is 24.3 Å². The van der Waals surface area contributed by atoms with Gasteiger partial charge in [0, 0.05) is 6.42 Å². The molecular weight excluding hydrogens is 873 g/mol. The van der Waals surface area contributed by atoms with Crippen molar-refractivity contribution in [3.8, 4) is 17.6 Å². The van der Waals surface area contributed by atoms with Crippen molar-refractivity contribution in [2.24, 2.45) is 0 Å². The Kier molecular flexibility index (Phi) is 25.8. The number of ether oxygens (including phenoxy) is 3. The number of aliphatic hydroxyl groups excluding tert-OH is 1. The summed E-state index contributed by atoms with van der Waals surface area (Å²) in [6.45, 7) is 42.5. The van der Waals surface area contributed by atoms with Crippen LogP contribution >= 0.6 is 0 Å². The lowest BCUT2D eigenvalue weighted by atomic mass is 9.99. The molecule has 1 unspecified atom stereocenters. The topological polar surface area (TPSA) is 92.7 Å². The Bertz CT molecular complexity index is 1680. The third kappa shape index (κ3) is 15.6. The summed E-state index contributed by atoms with van der Waals surface area (Å²) in [5.74, 6) is 7.00. The van der Waals surface area contributed by atoms with E-state index in [1.165, 1.54) is 0 Å². The molecule has 0 heterocycles. The zero-order valence-electron chi connectivity index (χ0n) is 45.2. The first-order chi connectivity index (χ1) is 31.0. The molecule has 0 bridgehead atoms. The second-order valence-electron chi connectivity index (χ2n) is 21.5. The molecule has 0 aliphatic rings. The lowest BCUT2D eigenvalue weighted by molar-refractivity contribution is -0.144. The molecule has 66 heavy (non-hydrogen) atoms. The number of hydrogen-bond donors (Lipinski definition) is 1. The van der Waals surface area contributed by atoms with Gasteiger partial charge in [-0.25, -0.2) is 0 Å². The lowest BCUT2D eigenvalue weighted by Crippen LogP contribution is -2.56. The molecule has 0 fully saturated rings. The summed E-state index contributed by atoms with van der Waals surface area (Å²) in [4.78, 5) is 13.7. The van der Waals surface area contributed by atoms with Gasteiger partial charge in [-0.05, 0) is 104 Å². The Morgan fingerprint density at radius 2 is 1.08 bits per heavy atom. The van der Waals surface area contributed by atoms with Crippen molar-refractivity contribution in [1.29, 1.82) is 0 Å². The first kappa shape index (κ1) is 59.8. The van der Waals surface area contributed by atoms with Gasteiger partial charge in [0.25, 0.3) is 0 Å². The fourth-order valence-electron chi connectivity index (χ4n) is 11.8. The fraction of sp³-hybridized carbons (Fsp3) is 0.727. The first-order valence-corrected chi connectivity index (χ1v) is 32.0. The quantitative estimate of drug-likeness (QED) is 0.0358. The number of esters is 1. The van der Waals surface area contributed by atoms with E-state index in [0.717, 1.165) is 35.3 Å². The molecule has 0 saturated carbocycles. The Labute approximate surface area is 407 Å². The van der Waals surface area contributed by atoms with Crippen molar-refractivity contribution in [2.45, 2.75) is 238 Å². The number of aliphatic hydroxyl groups is 1. The van der Waals surface area contributed by atoms with E-state index in [1.54, 1.807) is 7.11 Å². The summed E-state index contributed by atoms with van der Waals surface area (Å²) in [6.07, 6.45) is 1.97. The highest BCUT2D eigenvalue weighted by atomic mass is 28.4. The van der Waals surface area contributed by atoms with Gasteiger partial charge in [0.1, 0.15) is 18.5 Å². The molecule has 3 atom stereocenters. The van der Waals surface area contributed by atoms with Gasteiger partial charge >= 0.3 is 5.97 Å². The van der Waals surface area contributed by atoms with Crippen LogP contribution in [0.25, 0.3) is 0 Å². The van der Waals surface area contributed by atoms with Gasteiger partial charge in [-0.15, -0.1) is 0 Å². The lowest BCUT2D eigenvalue weighted by Gasteiger charge is -2.48. The normalized spacial score (nSPS) is 14.3. The molecule has 1 N–H and O–H groups in total. The molecule has 0 aliphatic carbocycles. The van der Waals surface area contributed by atoms with Crippen LogP contribution in [0.5, 0.6) is 5.75 Å². The summed E-state index contributed by atoms with van der Waals surface area (Å²) in [7, 11) is -5.40. The number of benzene rings is 2. The van der Waals surface area contributed by atoms with E-state index in [-0.39, 0.29) is 31.2 Å². The maximum absolute atomic E-state index is 13.7. The Morgan fingerprint density at radius 3 is 1.56 bits per heavy atom. The Morgan fingerprint density at radius 1 is 0.591 bits per heavy atom. The highest BCUT2D eigenvalue weighted by molar-refractivity contribution is 6.78. The van der Waals surface area contributed by atoms with Crippen LogP contribution in [-0.2, 0) is 40.8 Å². The van der Waals surface area contributed by atoms with Crippen LogP contribution in [0, 0.1) is 11.8 Å². The van der Waals surface area contributed by atoms with Crippen molar-refractivity contribution in [3.63, 3.8) is 0 Å². The number of rotatable bonds is 30. The van der Waals surface area contributed by atoms with E-state index < -0.39 is 31.1 Å². The molecule has 0 saturated heterocycles. The van der Waals surface area contributed by atoms with Gasteiger partial charge in [0.15, 0.2) is 0 Å². The predicted molar refractivity (Wildman–Crippen MR) is 284 cm³/mol. The van der Waals surface area contributed by atoms with E-state index in [0.29, 0.717) is 82.5 Å². The summed E-state index contributed by atoms with van der Waals surface area (Å²) in [6, 6.07) is 16.3. The average Bonchev–Trinajstić information content (AvgIpc) is 3.24. The van der Waals surface area contributed by atoms with Crippen LogP contribution in [-0.4, -0.2) is 68.6 Å². The Balaban J connectivity index is 2.37. The zero-order valence-corrected chi connectivity index (χ0v) is 48.2. The molecular formula is C55H96O8Si3. The third-order valence-electron chi connectivity index (χ3n) is 14.7. The molecule has 0 aromatic heterocycles. The minimum absolute atomic E-state index is 0.210. The first-order valence-electron chi connectivity index (χ1n) is 25.6. The summed E-state index contributed by atoms with van der Waals surface area (Å²) in [5.41, 5.74) is 6.63. The van der Waals surface area contributed by atoms with Crippen molar-refractivity contribution in [2.75, 3.05) is 20.3 Å². The van der Waals surface area contributed by atoms with Gasteiger partial charge < -0.3 is 32.6 Å². The van der Waals surface area contributed by atoms with Crippen molar-refractivity contribution < 1.29 is 37.4 Å². The highest BCUT2D eigenvalue weighted by Gasteiger charge is 2.51. The zero-order chi connectivity index (χ0) is 50.0. The Hall–Kier alpha value is -2.28. The fourth-order valence-corrected chi connectivity index (χ4v) is 28.4. The molecule has 376 valence electrons. The smallest absolute Gasteiger partial charge is 0.305 e. The van der Waals surface area contributed by atoms with Gasteiger partial charge in [-0.2, -0.15) is 0 Å². The molecule has 2 rings (SSSR count). The van der Waals surface area contributed by atoms with Crippen LogP contribution in [0.3, 0.4) is 0 Å².